The molecule has 0 fully saturated rings. The molecule has 1 atom stereocenters. The first-order chi connectivity index (χ1) is 9.93. The van der Waals surface area contributed by atoms with Crippen molar-refractivity contribution < 1.29 is 14.7 Å². The molecule has 0 saturated heterocycles. The zero-order valence-corrected chi connectivity index (χ0v) is 12.5. The maximum absolute atomic E-state index is 11.7. The van der Waals surface area contributed by atoms with Gasteiger partial charge >= 0.3 is 5.97 Å². The molecule has 1 rings (SSSR count). The number of pyridine rings is 1. The summed E-state index contributed by atoms with van der Waals surface area (Å²) in [6, 6.07) is 2.41. The van der Waals surface area contributed by atoms with E-state index in [2.05, 4.69) is 5.32 Å². The zero-order valence-electron chi connectivity index (χ0n) is 12.5. The number of nitrogens with one attached hydrogen (secondary N) is 1. The van der Waals surface area contributed by atoms with E-state index in [4.69, 9.17) is 5.11 Å². The van der Waals surface area contributed by atoms with Crippen molar-refractivity contribution in [3.8, 4) is 0 Å². The minimum absolute atomic E-state index is 0.101. The molecule has 1 aromatic heterocycles. The Kier molecular flexibility index (Phi) is 6.65. The van der Waals surface area contributed by atoms with E-state index in [9.17, 15) is 14.4 Å². The fraction of sp³-hybridized carbons (Fsp3) is 0.533. The molecule has 1 amide bonds. The van der Waals surface area contributed by atoms with Gasteiger partial charge in [0.2, 0.25) is 5.91 Å². The van der Waals surface area contributed by atoms with Gasteiger partial charge in [0.25, 0.3) is 5.56 Å². The first kappa shape index (κ1) is 16.9. The van der Waals surface area contributed by atoms with E-state index in [0.29, 0.717) is 25.8 Å². The van der Waals surface area contributed by atoms with Crippen LogP contribution < -0.4 is 10.9 Å². The molecule has 0 aromatic carbocycles. The molecule has 0 radical (unpaired) electrons. The number of carbonyl (C=O) groups is 2. The third-order valence-corrected chi connectivity index (χ3v) is 3.14. The molecule has 21 heavy (non-hydrogen) atoms. The molecule has 6 nitrogen and oxygen atoms in total. The summed E-state index contributed by atoms with van der Waals surface area (Å²) >= 11 is 0. The minimum atomic E-state index is -1.01. The van der Waals surface area contributed by atoms with Gasteiger partial charge in [-0.3, -0.25) is 9.59 Å². The lowest BCUT2D eigenvalue weighted by Gasteiger charge is -2.13. The molecule has 1 unspecified atom stereocenters. The predicted octanol–water partition coefficient (Wildman–Crippen LogP) is 1.31. The van der Waals surface area contributed by atoms with E-state index >= 15 is 0 Å². The van der Waals surface area contributed by atoms with E-state index in [-0.39, 0.29) is 17.9 Å². The molecule has 1 aromatic rings. The van der Waals surface area contributed by atoms with Crippen LogP contribution in [0, 0.1) is 6.92 Å². The smallest absolute Gasteiger partial charge is 0.326 e. The van der Waals surface area contributed by atoms with Crippen molar-refractivity contribution in [3.05, 3.63) is 34.2 Å². The quantitative estimate of drug-likeness (QED) is 0.756. The Hall–Kier alpha value is -2.11. The summed E-state index contributed by atoms with van der Waals surface area (Å²) < 4.78 is 1.56. The molecule has 116 valence electrons. The fourth-order valence-electron chi connectivity index (χ4n) is 2.05. The van der Waals surface area contributed by atoms with Gasteiger partial charge in [0.1, 0.15) is 6.04 Å². The number of nitrogens with zero attached hydrogens (tertiary/aromatic N) is 1. The summed E-state index contributed by atoms with van der Waals surface area (Å²) in [5.74, 6) is -1.31. The van der Waals surface area contributed by atoms with E-state index in [1.807, 2.05) is 13.8 Å². The van der Waals surface area contributed by atoms with Gasteiger partial charge < -0.3 is 15.0 Å². The normalized spacial score (nSPS) is 11.9. The molecule has 0 spiro atoms. The SMILES string of the molecule is CCCC(NC(=O)CCCn1cc(C)ccc1=O)C(=O)O. The van der Waals surface area contributed by atoms with Crippen LogP contribution >= 0.6 is 0 Å². The van der Waals surface area contributed by atoms with Crippen LogP contribution in [0.1, 0.15) is 38.2 Å². The van der Waals surface area contributed by atoms with Gasteiger partial charge in [-0.2, -0.15) is 0 Å². The number of carboxylic acids is 1. The summed E-state index contributed by atoms with van der Waals surface area (Å²) in [6.45, 7) is 4.20. The Bertz CT molecular complexity index is 551. The van der Waals surface area contributed by atoms with Crippen molar-refractivity contribution in [1.82, 2.24) is 9.88 Å². The van der Waals surface area contributed by atoms with Crippen molar-refractivity contribution in [1.29, 1.82) is 0 Å². The number of carbonyl (C=O) groups excluding carboxylic acids is 1. The molecule has 0 aliphatic heterocycles. The average molecular weight is 294 g/mol. The Morgan fingerprint density at radius 3 is 2.71 bits per heavy atom. The van der Waals surface area contributed by atoms with Crippen molar-refractivity contribution in [2.45, 2.75) is 52.1 Å². The van der Waals surface area contributed by atoms with Crippen LogP contribution in [0.5, 0.6) is 0 Å². The zero-order chi connectivity index (χ0) is 15.8. The summed E-state index contributed by atoms with van der Waals surface area (Å²) in [7, 11) is 0. The molecule has 0 bridgehead atoms. The molecule has 6 heteroatoms. The number of rotatable bonds is 8. The maximum Gasteiger partial charge on any atom is 0.326 e. The topological polar surface area (TPSA) is 88.4 Å². The summed E-state index contributed by atoms with van der Waals surface area (Å²) in [5, 5.41) is 11.5. The molecular formula is C15H22N2O4. The fourth-order valence-corrected chi connectivity index (χ4v) is 2.05. The molecular weight excluding hydrogens is 272 g/mol. The number of aliphatic carboxylic acids is 1. The van der Waals surface area contributed by atoms with Crippen molar-refractivity contribution >= 4 is 11.9 Å². The van der Waals surface area contributed by atoms with Gasteiger partial charge in [-0.25, -0.2) is 4.79 Å². The lowest BCUT2D eigenvalue weighted by atomic mass is 10.1. The van der Waals surface area contributed by atoms with Crippen LogP contribution in [0.2, 0.25) is 0 Å². The lowest BCUT2D eigenvalue weighted by molar-refractivity contribution is -0.142. The molecule has 0 saturated carbocycles. The Balaban J connectivity index is 2.44. The van der Waals surface area contributed by atoms with Crippen molar-refractivity contribution in [2.75, 3.05) is 0 Å². The van der Waals surface area contributed by atoms with E-state index in [0.717, 1.165) is 5.56 Å². The van der Waals surface area contributed by atoms with E-state index in [1.54, 1.807) is 16.8 Å². The summed E-state index contributed by atoms with van der Waals surface area (Å²) in [4.78, 5) is 34.2. The lowest BCUT2D eigenvalue weighted by Crippen LogP contribution is -2.40. The Labute approximate surface area is 123 Å². The largest absolute Gasteiger partial charge is 0.480 e. The monoisotopic (exact) mass is 294 g/mol. The van der Waals surface area contributed by atoms with E-state index < -0.39 is 12.0 Å². The van der Waals surface area contributed by atoms with Crippen LogP contribution in [0.4, 0.5) is 0 Å². The maximum atomic E-state index is 11.7. The van der Waals surface area contributed by atoms with Crippen LogP contribution in [-0.4, -0.2) is 27.6 Å². The summed E-state index contributed by atoms with van der Waals surface area (Å²) in [6.07, 6.45) is 3.55. The molecule has 1 heterocycles. The number of hydrogen-bond acceptors (Lipinski definition) is 3. The second kappa shape index (κ2) is 8.24. The highest BCUT2D eigenvalue weighted by Gasteiger charge is 2.18. The number of aromatic nitrogens is 1. The highest BCUT2D eigenvalue weighted by Crippen LogP contribution is 2.00. The van der Waals surface area contributed by atoms with Crippen molar-refractivity contribution in [3.63, 3.8) is 0 Å². The van der Waals surface area contributed by atoms with Crippen LogP contribution in [0.3, 0.4) is 0 Å². The Morgan fingerprint density at radius 2 is 2.10 bits per heavy atom. The van der Waals surface area contributed by atoms with Gasteiger partial charge in [0, 0.05) is 25.2 Å². The third-order valence-electron chi connectivity index (χ3n) is 3.14. The number of hydrogen-bond donors (Lipinski definition) is 2. The highest BCUT2D eigenvalue weighted by atomic mass is 16.4. The van der Waals surface area contributed by atoms with E-state index in [1.165, 1.54) is 6.07 Å². The predicted molar refractivity (Wildman–Crippen MR) is 79.1 cm³/mol. The first-order valence-corrected chi connectivity index (χ1v) is 7.13. The van der Waals surface area contributed by atoms with Crippen LogP contribution in [0.25, 0.3) is 0 Å². The van der Waals surface area contributed by atoms with Gasteiger partial charge in [-0.15, -0.1) is 0 Å². The molecule has 0 aliphatic rings. The molecule has 2 N–H and O–H groups in total. The number of amides is 1. The second-order valence-corrected chi connectivity index (χ2v) is 5.09. The number of carboxylic acid groups (broad SMARTS) is 1. The van der Waals surface area contributed by atoms with Crippen molar-refractivity contribution in [2.24, 2.45) is 0 Å². The van der Waals surface area contributed by atoms with Gasteiger partial charge in [0.05, 0.1) is 0 Å². The highest BCUT2D eigenvalue weighted by molar-refractivity contribution is 5.83. The number of aryl methyl sites for hydroxylation is 2. The second-order valence-electron chi connectivity index (χ2n) is 5.09. The first-order valence-electron chi connectivity index (χ1n) is 7.13. The van der Waals surface area contributed by atoms with Crippen LogP contribution in [-0.2, 0) is 16.1 Å². The van der Waals surface area contributed by atoms with Crippen LogP contribution in [0.15, 0.2) is 23.1 Å². The minimum Gasteiger partial charge on any atom is -0.480 e. The summed E-state index contributed by atoms with van der Waals surface area (Å²) in [5.41, 5.74) is 0.878. The van der Waals surface area contributed by atoms with Gasteiger partial charge in [-0.1, -0.05) is 19.4 Å². The van der Waals surface area contributed by atoms with Gasteiger partial charge in [-0.05, 0) is 25.3 Å². The van der Waals surface area contributed by atoms with Gasteiger partial charge in [0.15, 0.2) is 0 Å². The Morgan fingerprint density at radius 1 is 1.38 bits per heavy atom. The average Bonchev–Trinajstić information content (AvgIpc) is 2.42. The third kappa shape index (κ3) is 5.81. The standard InChI is InChI=1S/C15H22N2O4/c1-3-5-12(15(20)21)16-13(18)6-4-9-17-10-11(2)7-8-14(17)19/h7-8,10,12H,3-6,9H2,1-2H3,(H,16,18)(H,20,21). The molecule has 0 aliphatic carbocycles.